The van der Waals surface area contributed by atoms with E-state index in [1.807, 2.05) is 0 Å². The highest BCUT2D eigenvalue weighted by Gasteiger charge is 2.47. The molecule has 3 rings (SSSR count). The van der Waals surface area contributed by atoms with Crippen LogP contribution in [-0.2, 0) is 10.4 Å². The van der Waals surface area contributed by atoms with Crippen LogP contribution in [0.3, 0.4) is 0 Å². The molecule has 5 nitrogen and oxygen atoms in total. The first-order valence-electron chi connectivity index (χ1n) is 6.28. The average molecular weight is 286 g/mol. The zero-order valence-corrected chi connectivity index (χ0v) is 10.8. The van der Waals surface area contributed by atoms with Crippen molar-refractivity contribution in [3.8, 4) is 0 Å². The third kappa shape index (κ3) is 2.19. The maximum Gasteiger partial charge on any atom is 0.261 e. The van der Waals surface area contributed by atoms with Crippen LogP contribution < -0.4 is 5.32 Å². The fourth-order valence-electron chi connectivity index (χ4n) is 2.35. The molecule has 2 heterocycles. The Morgan fingerprint density at radius 2 is 2.19 bits per heavy atom. The molecular formula is C15H11FN2O3. The van der Waals surface area contributed by atoms with E-state index in [2.05, 4.69) is 10.3 Å². The summed E-state index contributed by atoms with van der Waals surface area (Å²) in [6.07, 6.45) is 2.39. The Morgan fingerprint density at radius 3 is 2.90 bits per heavy atom. The fourth-order valence-corrected chi connectivity index (χ4v) is 2.35. The highest BCUT2D eigenvalue weighted by atomic mass is 19.1. The van der Waals surface area contributed by atoms with Gasteiger partial charge in [0, 0.05) is 29.2 Å². The molecule has 1 atom stereocenters. The van der Waals surface area contributed by atoms with Gasteiger partial charge in [-0.3, -0.25) is 14.6 Å². The third-order valence-corrected chi connectivity index (χ3v) is 3.45. The van der Waals surface area contributed by atoms with E-state index < -0.39 is 29.5 Å². The van der Waals surface area contributed by atoms with Gasteiger partial charge in [0.1, 0.15) is 5.82 Å². The summed E-state index contributed by atoms with van der Waals surface area (Å²) in [4.78, 5) is 28.0. The smallest absolute Gasteiger partial charge is 0.261 e. The predicted octanol–water partition coefficient (Wildman–Crippen LogP) is 1.63. The van der Waals surface area contributed by atoms with Crippen molar-refractivity contribution in [3.05, 3.63) is 59.7 Å². The van der Waals surface area contributed by atoms with Gasteiger partial charge in [0.15, 0.2) is 11.4 Å². The second-order valence-corrected chi connectivity index (χ2v) is 4.85. The number of Topliss-reactive ketones (excluding diaryl/α,β-unsaturated/α-hetero) is 1. The zero-order chi connectivity index (χ0) is 15.0. The van der Waals surface area contributed by atoms with Crippen LogP contribution in [0.1, 0.15) is 22.3 Å². The van der Waals surface area contributed by atoms with Crippen LogP contribution in [0.2, 0.25) is 0 Å². The van der Waals surface area contributed by atoms with Gasteiger partial charge in [0.05, 0.1) is 6.42 Å². The second-order valence-electron chi connectivity index (χ2n) is 4.85. The third-order valence-electron chi connectivity index (χ3n) is 3.45. The summed E-state index contributed by atoms with van der Waals surface area (Å²) in [6, 6.07) is 6.71. The van der Waals surface area contributed by atoms with Crippen molar-refractivity contribution in [2.75, 3.05) is 5.32 Å². The van der Waals surface area contributed by atoms with Gasteiger partial charge in [-0.15, -0.1) is 0 Å². The molecule has 0 radical (unpaired) electrons. The number of amides is 1. The molecule has 0 spiro atoms. The molecule has 0 saturated heterocycles. The Bertz CT molecular complexity index is 733. The summed E-state index contributed by atoms with van der Waals surface area (Å²) in [6.45, 7) is 0. The van der Waals surface area contributed by atoms with Crippen LogP contribution in [0.15, 0.2) is 42.7 Å². The number of aromatic nitrogens is 1. The zero-order valence-electron chi connectivity index (χ0n) is 10.8. The number of rotatable bonds is 3. The molecule has 1 amide bonds. The molecular weight excluding hydrogens is 275 g/mol. The monoisotopic (exact) mass is 286 g/mol. The molecule has 6 heteroatoms. The number of pyridine rings is 1. The molecule has 0 fully saturated rings. The summed E-state index contributed by atoms with van der Waals surface area (Å²) in [5.74, 6) is -1.77. The van der Waals surface area contributed by atoms with E-state index in [0.717, 1.165) is 6.07 Å². The van der Waals surface area contributed by atoms with Crippen molar-refractivity contribution >= 4 is 17.4 Å². The number of ketones is 1. The van der Waals surface area contributed by atoms with Gasteiger partial charge >= 0.3 is 0 Å². The lowest BCUT2D eigenvalue weighted by Gasteiger charge is -2.19. The van der Waals surface area contributed by atoms with E-state index >= 15 is 0 Å². The molecule has 0 saturated carbocycles. The molecule has 0 bridgehead atoms. The number of aliphatic hydroxyl groups is 1. The summed E-state index contributed by atoms with van der Waals surface area (Å²) in [5, 5.41) is 13.0. The molecule has 2 N–H and O–H groups in total. The number of benzene rings is 1. The predicted molar refractivity (Wildman–Crippen MR) is 72.1 cm³/mol. The van der Waals surface area contributed by atoms with Crippen molar-refractivity contribution in [3.63, 3.8) is 0 Å². The number of fused-ring (bicyclic) bond motifs is 1. The Labute approximate surface area is 119 Å². The SMILES string of the molecule is O=C(C[C@]1(O)C(=O)Nc2ccc(F)cc21)c1cccnc1. The lowest BCUT2D eigenvalue weighted by atomic mass is 9.88. The fraction of sp³-hybridized carbons (Fsp3) is 0.133. The largest absolute Gasteiger partial charge is 0.375 e. The Hall–Kier alpha value is -2.60. The maximum absolute atomic E-state index is 13.3. The first kappa shape index (κ1) is 13.4. The molecule has 1 aromatic carbocycles. The maximum atomic E-state index is 13.3. The van der Waals surface area contributed by atoms with Gasteiger partial charge in [0.25, 0.3) is 5.91 Å². The second kappa shape index (κ2) is 4.75. The average Bonchev–Trinajstić information content (AvgIpc) is 2.72. The number of hydrogen-bond acceptors (Lipinski definition) is 4. The van der Waals surface area contributed by atoms with Gasteiger partial charge in [-0.05, 0) is 30.3 Å². The number of carbonyl (C=O) groups is 2. The highest BCUT2D eigenvalue weighted by Crippen LogP contribution is 2.39. The number of hydrogen-bond donors (Lipinski definition) is 2. The number of nitrogens with one attached hydrogen (secondary N) is 1. The van der Waals surface area contributed by atoms with E-state index in [1.54, 1.807) is 6.07 Å². The normalized spacial score (nSPS) is 20.0. The number of carbonyl (C=O) groups excluding carboxylic acids is 2. The minimum atomic E-state index is -2.07. The van der Waals surface area contributed by atoms with Crippen molar-refractivity contribution in [2.24, 2.45) is 0 Å². The van der Waals surface area contributed by atoms with Crippen molar-refractivity contribution in [1.82, 2.24) is 4.98 Å². The highest BCUT2D eigenvalue weighted by molar-refractivity contribution is 6.09. The van der Waals surface area contributed by atoms with Crippen molar-refractivity contribution in [1.29, 1.82) is 0 Å². The summed E-state index contributed by atoms with van der Waals surface area (Å²) in [7, 11) is 0. The lowest BCUT2D eigenvalue weighted by molar-refractivity contribution is -0.133. The number of nitrogens with zero attached hydrogens (tertiary/aromatic N) is 1. The first-order valence-corrected chi connectivity index (χ1v) is 6.28. The summed E-state index contributed by atoms with van der Waals surface area (Å²) in [5.41, 5.74) is -1.40. The Kier molecular flexibility index (Phi) is 3.03. The van der Waals surface area contributed by atoms with Crippen LogP contribution in [0.25, 0.3) is 0 Å². The molecule has 21 heavy (non-hydrogen) atoms. The topological polar surface area (TPSA) is 79.3 Å². The van der Waals surface area contributed by atoms with Gasteiger partial charge in [-0.25, -0.2) is 4.39 Å². The van der Waals surface area contributed by atoms with Crippen LogP contribution in [-0.4, -0.2) is 21.8 Å². The van der Waals surface area contributed by atoms with Crippen LogP contribution in [0.4, 0.5) is 10.1 Å². The molecule has 1 aromatic heterocycles. The quantitative estimate of drug-likeness (QED) is 0.841. The standard InChI is InChI=1S/C15H11FN2O3/c16-10-3-4-12-11(6-10)15(21,14(20)18-12)7-13(19)9-2-1-5-17-8-9/h1-6,8,21H,7H2,(H,18,20)/t15-/m1/s1. The molecule has 0 aliphatic carbocycles. The van der Waals surface area contributed by atoms with Crippen molar-refractivity contribution < 1.29 is 19.1 Å². The van der Waals surface area contributed by atoms with E-state index in [1.165, 1.54) is 30.6 Å². The molecule has 1 aliphatic heterocycles. The number of halogens is 1. The molecule has 106 valence electrons. The van der Waals surface area contributed by atoms with Crippen molar-refractivity contribution in [2.45, 2.75) is 12.0 Å². The van der Waals surface area contributed by atoms with E-state index in [4.69, 9.17) is 0 Å². The Morgan fingerprint density at radius 1 is 1.38 bits per heavy atom. The van der Waals surface area contributed by atoms with Gasteiger partial charge in [0.2, 0.25) is 0 Å². The molecule has 1 aliphatic rings. The number of anilines is 1. The minimum Gasteiger partial charge on any atom is -0.375 e. The minimum absolute atomic E-state index is 0.0738. The van der Waals surface area contributed by atoms with Crippen LogP contribution >= 0.6 is 0 Å². The van der Waals surface area contributed by atoms with E-state index in [9.17, 15) is 19.1 Å². The van der Waals surface area contributed by atoms with Gasteiger partial charge in [-0.1, -0.05) is 0 Å². The first-order chi connectivity index (χ1) is 10.0. The summed E-state index contributed by atoms with van der Waals surface area (Å²) < 4.78 is 13.3. The van der Waals surface area contributed by atoms with Gasteiger partial charge < -0.3 is 10.4 Å². The van der Waals surface area contributed by atoms with E-state index in [-0.39, 0.29) is 11.1 Å². The Balaban J connectivity index is 1.97. The van der Waals surface area contributed by atoms with E-state index in [0.29, 0.717) is 5.69 Å². The lowest BCUT2D eigenvalue weighted by Crippen LogP contribution is -2.36. The van der Waals surface area contributed by atoms with Gasteiger partial charge in [-0.2, -0.15) is 0 Å². The molecule has 2 aromatic rings. The summed E-state index contributed by atoms with van der Waals surface area (Å²) >= 11 is 0. The van der Waals surface area contributed by atoms with Crippen LogP contribution in [0, 0.1) is 5.82 Å². The van der Waals surface area contributed by atoms with Crippen LogP contribution in [0.5, 0.6) is 0 Å². The molecule has 0 unspecified atom stereocenters.